The number of nitrogens with one attached hydrogen (secondary N) is 2. The zero-order valence-electron chi connectivity index (χ0n) is 20.1. The molecule has 0 aliphatic carbocycles. The van der Waals surface area contributed by atoms with Crippen LogP contribution in [0.2, 0.25) is 0 Å². The van der Waals surface area contributed by atoms with Crippen molar-refractivity contribution in [1.29, 1.82) is 0 Å². The van der Waals surface area contributed by atoms with Crippen LogP contribution >= 0.6 is 0 Å². The highest BCUT2D eigenvalue weighted by molar-refractivity contribution is 6.23. The molecule has 2 fully saturated rings. The molecule has 0 saturated carbocycles. The van der Waals surface area contributed by atoms with E-state index in [4.69, 9.17) is 4.74 Å². The number of nitrogens with zero attached hydrogens (tertiary/aromatic N) is 2. The van der Waals surface area contributed by atoms with E-state index >= 15 is 0 Å². The predicted octanol–water partition coefficient (Wildman–Crippen LogP) is 3.18. The lowest BCUT2D eigenvalue weighted by Crippen LogP contribution is -2.57. The fraction of sp³-hybridized carbons (Fsp3) is 0.560. The van der Waals surface area contributed by atoms with Gasteiger partial charge in [0, 0.05) is 43.6 Å². The maximum Gasteiger partial charge on any atom is 0.410 e. The van der Waals surface area contributed by atoms with Crippen molar-refractivity contribution in [2.24, 2.45) is 5.92 Å². The fourth-order valence-corrected chi connectivity index (χ4v) is 4.76. The SMILES string of the molecule is CC(C)(C)OC(=O)N1CC[C@H]2NC(=O)C(C(=O)Nc3ccc(N4CCCCC4)cc3)=C(O)[C@H]2C1. The van der Waals surface area contributed by atoms with Crippen LogP contribution in [0.5, 0.6) is 0 Å². The van der Waals surface area contributed by atoms with Crippen molar-refractivity contribution in [2.45, 2.75) is 58.1 Å². The molecule has 9 nitrogen and oxygen atoms in total. The van der Waals surface area contributed by atoms with Crippen molar-refractivity contribution in [1.82, 2.24) is 10.2 Å². The number of ether oxygens (including phenoxy) is 1. The Labute approximate surface area is 200 Å². The highest BCUT2D eigenvalue weighted by Crippen LogP contribution is 2.30. The lowest BCUT2D eigenvalue weighted by Gasteiger charge is -2.41. The van der Waals surface area contributed by atoms with Crippen LogP contribution in [0.25, 0.3) is 0 Å². The lowest BCUT2D eigenvalue weighted by molar-refractivity contribution is -0.124. The van der Waals surface area contributed by atoms with Gasteiger partial charge in [0.05, 0.1) is 5.92 Å². The number of hydrogen-bond acceptors (Lipinski definition) is 6. The summed E-state index contributed by atoms with van der Waals surface area (Å²) in [6.07, 6.45) is 3.59. The molecular formula is C25H34N4O5. The van der Waals surface area contributed by atoms with Crippen LogP contribution in [-0.2, 0) is 14.3 Å². The molecule has 2 atom stereocenters. The molecule has 2 saturated heterocycles. The van der Waals surface area contributed by atoms with Crippen molar-refractivity contribution >= 4 is 29.3 Å². The van der Waals surface area contributed by atoms with Crippen molar-refractivity contribution in [3.05, 3.63) is 35.6 Å². The third kappa shape index (κ3) is 5.29. The second-order valence-electron chi connectivity index (χ2n) is 10.2. The van der Waals surface area contributed by atoms with Gasteiger partial charge in [0.15, 0.2) is 0 Å². The minimum absolute atomic E-state index is 0.160. The summed E-state index contributed by atoms with van der Waals surface area (Å²) < 4.78 is 5.44. The molecule has 3 aliphatic heterocycles. The summed E-state index contributed by atoms with van der Waals surface area (Å²) in [6.45, 7) is 7.97. The van der Waals surface area contributed by atoms with Gasteiger partial charge in [-0.3, -0.25) is 9.59 Å². The van der Waals surface area contributed by atoms with Gasteiger partial charge in [0.2, 0.25) is 0 Å². The molecule has 4 rings (SSSR count). The van der Waals surface area contributed by atoms with E-state index in [1.54, 1.807) is 32.9 Å². The number of rotatable bonds is 3. The molecule has 0 spiro atoms. The number of aliphatic hydroxyl groups excluding tert-OH is 1. The van der Waals surface area contributed by atoms with Gasteiger partial charge in [-0.25, -0.2) is 4.79 Å². The molecule has 0 unspecified atom stereocenters. The zero-order valence-corrected chi connectivity index (χ0v) is 20.1. The predicted molar refractivity (Wildman–Crippen MR) is 129 cm³/mol. The zero-order chi connectivity index (χ0) is 24.5. The summed E-state index contributed by atoms with van der Waals surface area (Å²) >= 11 is 0. The van der Waals surface area contributed by atoms with E-state index in [1.807, 2.05) is 12.1 Å². The fourth-order valence-electron chi connectivity index (χ4n) is 4.76. The molecule has 9 heteroatoms. The van der Waals surface area contributed by atoms with Crippen molar-refractivity contribution in [2.75, 3.05) is 36.4 Å². The van der Waals surface area contributed by atoms with Crippen molar-refractivity contribution in [3.8, 4) is 0 Å². The normalized spacial score (nSPS) is 23.2. The summed E-state index contributed by atoms with van der Waals surface area (Å²) in [5.41, 5.74) is 0.691. The molecule has 1 aromatic carbocycles. The van der Waals surface area contributed by atoms with Crippen LogP contribution in [0, 0.1) is 5.92 Å². The number of carbonyl (C=O) groups excluding carboxylic acids is 3. The topological polar surface area (TPSA) is 111 Å². The first-order chi connectivity index (χ1) is 16.1. The summed E-state index contributed by atoms with van der Waals surface area (Å²) in [6, 6.07) is 7.16. The molecule has 0 radical (unpaired) electrons. The Kier molecular flexibility index (Phi) is 6.72. The number of aliphatic hydroxyl groups is 1. The second-order valence-corrected chi connectivity index (χ2v) is 10.2. The van der Waals surface area contributed by atoms with Crippen LogP contribution in [0.1, 0.15) is 46.5 Å². The van der Waals surface area contributed by atoms with E-state index in [0.717, 1.165) is 18.8 Å². The first-order valence-electron chi connectivity index (χ1n) is 12.0. The minimum Gasteiger partial charge on any atom is -0.511 e. The Morgan fingerprint density at radius 3 is 2.41 bits per heavy atom. The third-order valence-corrected chi connectivity index (χ3v) is 6.49. The average molecular weight is 471 g/mol. The summed E-state index contributed by atoms with van der Waals surface area (Å²) in [5.74, 6) is -2.13. The van der Waals surface area contributed by atoms with Crippen LogP contribution in [0.3, 0.4) is 0 Å². The first kappa shape index (κ1) is 23.9. The monoisotopic (exact) mass is 470 g/mol. The molecule has 1 aromatic rings. The van der Waals surface area contributed by atoms with Crippen molar-refractivity contribution in [3.63, 3.8) is 0 Å². The van der Waals surface area contributed by atoms with E-state index < -0.39 is 29.4 Å². The second kappa shape index (κ2) is 9.56. The van der Waals surface area contributed by atoms with Gasteiger partial charge in [0.1, 0.15) is 16.9 Å². The molecular weight excluding hydrogens is 436 g/mol. The Balaban J connectivity index is 1.46. The highest BCUT2D eigenvalue weighted by Gasteiger charge is 2.43. The summed E-state index contributed by atoms with van der Waals surface area (Å²) in [7, 11) is 0. The molecule has 0 aromatic heterocycles. The Bertz CT molecular complexity index is 976. The summed E-state index contributed by atoms with van der Waals surface area (Å²) in [4.78, 5) is 41.9. The molecule has 34 heavy (non-hydrogen) atoms. The number of likely N-dealkylation sites (tertiary alicyclic amines) is 1. The quantitative estimate of drug-likeness (QED) is 0.585. The average Bonchev–Trinajstić information content (AvgIpc) is 2.79. The molecule has 3 N–H and O–H groups in total. The standard InChI is InChI=1S/C25H34N4O5/c1-25(2,3)34-24(33)29-14-11-19-18(15-29)21(30)20(23(32)27-19)22(31)26-16-7-9-17(10-8-16)28-12-5-4-6-13-28/h7-10,18-19,30H,4-6,11-15H2,1-3H3,(H,26,31)(H,27,32)/t18-,19+/m0/s1. The minimum atomic E-state index is -0.673. The number of amides is 3. The number of fused-ring (bicyclic) bond motifs is 1. The van der Waals surface area contributed by atoms with E-state index in [2.05, 4.69) is 15.5 Å². The number of piperidine rings is 2. The van der Waals surface area contributed by atoms with Gasteiger partial charge in [-0.15, -0.1) is 0 Å². The highest BCUT2D eigenvalue weighted by atomic mass is 16.6. The van der Waals surface area contributed by atoms with Gasteiger partial charge >= 0.3 is 6.09 Å². The van der Waals surface area contributed by atoms with Crippen LogP contribution < -0.4 is 15.5 Å². The molecule has 3 amide bonds. The Morgan fingerprint density at radius 1 is 1.09 bits per heavy atom. The van der Waals surface area contributed by atoms with Gasteiger partial charge in [-0.2, -0.15) is 0 Å². The molecule has 3 aliphatic rings. The van der Waals surface area contributed by atoms with Gasteiger partial charge in [0.25, 0.3) is 11.8 Å². The van der Waals surface area contributed by atoms with Crippen LogP contribution in [0.15, 0.2) is 35.6 Å². The lowest BCUT2D eigenvalue weighted by atomic mass is 9.85. The molecule has 184 valence electrons. The van der Waals surface area contributed by atoms with E-state index in [1.165, 1.54) is 24.2 Å². The van der Waals surface area contributed by atoms with Crippen LogP contribution in [0.4, 0.5) is 16.2 Å². The maximum absolute atomic E-state index is 12.9. The number of carbonyl (C=O) groups is 3. The third-order valence-electron chi connectivity index (χ3n) is 6.49. The molecule has 0 bridgehead atoms. The Morgan fingerprint density at radius 2 is 1.76 bits per heavy atom. The van der Waals surface area contributed by atoms with E-state index in [9.17, 15) is 19.5 Å². The Hall–Kier alpha value is -3.23. The largest absolute Gasteiger partial charge is 0.511 e. The number of hydrogen-bond donors (Lipinski definition) is 3. The smallest absolute Gasteiger partial charge is 0.410 e. The van der Waals surface area contributed by atoms with Gasteiger partial charge in [-0.1, -0.05) is 0 Å². The van der Waals surface area contributed by atoms with E-state index in [-0.39, 0.29) is 23.9 Å². The van der Waals surface area contributed by atoms with Gasteiger partial charge < -0.3 is 30.3 Å². The number of benzene rings is 1. The number of anilines is 2. The summed E-state index contributed by atoms with van der Waals surface area (Å²) in [5, 5.41) is 16.4. The maximum atomic E-state index is 12.9. The van der Waals surface area contributed by atoms with Crippen LogP contribution in [-0.4, -0.2) is 65.7 Å². The van der Waals surface area contributed by atoms with E-state index in [0.29, 0.717) is 18.7 Å². The molecule has 3 heterocycles. The van der Waals surface area contributed by atoms with Gasteiger partial charge in [-0.05, 0) is 70.7 Å². The van der Waals surface area contributed by atoms with Crippen molar-refractivity contribution < 1.29 is 24.2 Å². The first-order valence-corrected chi connectivity index (χ1v) is 12.0.